The molecule has 20 heavy (non-hydrogen) atoms. The van der Waals surface area contributed by atoms with Gasteiger partial charge in [0, 0.05) is 12.6 Å². The van der Waals surface area contributed by atoms with Crippen LogP contribution in [0.15, 0.2) is 79.4 Å². The van der Waals surface area contributed by atoms with Crippen LogP contribution in [-0.4, -0.2) is 6.04 Å². The van der Waals surface area contributed by atoms with E-state index < -0.39 is 0 Å². The van der Waals surface area contributed by atoms with Crippen LogP contribution in [0.5, 0.6) is 0 Å². The lowest BCUT2D eigenvalue weighted by molar-refractivity contribution is 0.600. The Labute approximate surface area is 121 Å². The molecule has 0 saturated heterocycles. The lowest BCUT2D eigenvalue weighted by atomic mass is 10.1. The summed E-state index contributed by atoms with van der Waals surface area (Å²) in [6.07, 6.45) is 7.25. The summed E-state index contributed by atoms with van der Waals surface area (Å²) in [6.45, 7) is 4.71. The zero-order valence-corrected chi connectivity index (χ0v) is 11.7. The van der Waals surface area contributed by atoms with Gasteiger partial charge < -0.3 is 5.32 Å². The fourth-order valence-corrected chi connectivity index (χ4v) is 2.05. The van der Waals surface area contributed by atoms with Crippen molar-refractivity contribution in [3.63, 3.8) is 0 Å². The zero-order valence-electron chi connectivity index (χ0n) is 11.7. The van der Waals surface area contributed by atoms with Gasteiger partial charge in [0.05, 0.1) is 0 Å². The van der Waals surface area contributed by atoms with Gasteiger partial charge in [-0.25, -0.2) is 0 Å². The Bertz CT molecular complexity index is 528. The van der Waals surface area contributed by atoms with Gasteiger partial charge in [-0.15, -0.1) is 6.58 Å². The smallest absolute Gasteiger partial charge is 0.0290 e. The third-order valence-corrected chi connectivity index (χ3v) is 3.15. The maximum Gasteiger partial charge on any atom is 0.0290 e. The molecule has 0 aliphatic heterocycles. The van der Waals surface area contributed by atoms with Crippen LogP contribution >= 0.6 is 0 Å². The molecule has 2 rings (SSSR count). The fraction of sp³-hybridized carbons (Fsp3) is 0.158. The summed E-state index contributed by atoms with van der Waals surface area (Å²) in [5, 5.41) is 3.55. The molecule has 1 N–H and O–H groups in total. The highest BCUT2D eigenvalue weighted by Gasteiger charge is 2.01. The van der Waals surface area contributed by atoms with Crippen LogP contribution in [0.1, 0.15) is 17.5 Å². The van der Waals surface area contributed by atoms with Crippen LogP contribution in [0.3, 0.4) is 0 Å². The second-order valence-corrected chi connectivity index (χ2v) is 4.77. The number of hydrogen-bond donors (Lipinski definition) is 1. The van der Waals surface area contributed by atoms with Gasteiger partial charge in [-0.05, 0) is 17.5 Å². The Balaban J connectivity index is 1.93. The van der Waals surface area contributed by atoms with Gasteiger partial charge >= 0.3 is 0 Å². The van der Waals surface area contributed by atoms with E-state index in [1.807, 2.05) is 18.2 Å². The first-order chi connectivity index (χ1) is 9.88. The summed E-state index contributed by atoms with van der Waals surface area (Å²) >= 11 is 0. The Morgan fingerprint density at radius 3 is 2.25 bits per heavy atom. The normalized spacial score (nSPS) is 12.4. The van der Waals surface area contributed by atoms with Crippen LogP contribution in [0.4, 0.5) is 0 Å². The molecule has 1 heteroatoms. The van der Waals surface area contributed by atoms with Gasteiger partial charge in [-0.3, -0.25) is 0 Å². The van der Waals surface area contributed by atoms with Gasteiger partial charge in [-0.1, -0.05) is 78.9 Å². The van der Waals surface area contributed by atoms with Gasteiger partial charge in [0.1, 0.15) is 0 Å². The van der Waals surface area contributed by atoms with E-state index in [0.717, 1.165) is 13.0 Å². The Hall–Kier alpha value is -2.12. The Kier molecular flexibility index (Phi) is 5.81. The summed E-state index contributed by atoms with van der Waals surface area (Å²) in [5.41, 5.74) is 2.53. The van der Waals surface area contributed by atoms with Gasteiger partial charge in [0.25, 0.3) is 0 Å². The summed E-state index contributed by atoms with van der Waals surface area (Å²) < 4.78 is 0. The third-order valence-electron chi connectivity index (χ3n) is 3.15. The van der Waals surface area contributed by atoms with Crippen molar-refractivity contribution in [1.82, 2.24) is 5.32 Å². The lowest BCUT2D eigenvalue weighted by Gasteiger charge is -2.13. The lowest BCUT2D eigenvalue weighted by Crippen LogP contribution is -2.25. The van der Waals surface area contributed by atoms with Gasteiger partial charge in [0.15, 0.2) is 0 Å². The molecule has 0 bridgehead atoms. The van der Waals surface area contributed by atoms with E-state index in [4.69, 9.17) is 0 Å². The van der Waals surface area contributed by atoms with Crippen LogP contribution in [0, 0.1) is 0 Å². The van der Waals surface area contributed by atoms with Crippen molar-refractivity contribution < 1.29 is 0 Å². The average molecular weight is 263 g/mol. The van der Waals surface area contributed by atoms with E-state index in [2.05, 4.69) is 72.6 Å². The molecule has 0 unspecified atom stereocenters. The molecular formula is C19H21N. The minimum Gasteiger partial charge on any atom is -0.306 e. The first-order valence-corrected chi connectivity index (χ1v) is 7.00. The van der Waals surface area contributed by atoms with Crippen molar-refractivity contribution in [2.24, 2.45) is 0 Å². The third kappa shape index (κ3) is 4.87. The van der Waals surface area contributed by atoms with Crippen molar-refractivity contribution in [3.8, 4) is 0 Å². The molecule has 0 aliphatic carbocycles. The van der Waals surface area contributed by atoms with E-state index in [-0.39, 0.29) is 0 Å². The van der Waals surface area contributed by atoms with E-state index in [1.165, 1.54) is 11.1 Å². The van der Waals surface area contributed by atoms with Crippen LogP contribution in [0.25, 0.3) is 6.08 Å². The van der Waals surface area contributed by atoms with Crippen LogP contribution < -0.4 is 5.32 Å². The number of rotatable bonds is 7. The molecular weight excluding hydrogens is 242 g/mol. The van der Waals surface area contributed by atoms with Crippen molar-refractivity contribution in [2.45, 2.75) is 19.0 Å². The maximum absolute atomic E-state index is 3.84. The number of hydrogen-bond acceptors (Lipinski definition) is 1. The quantitative estimate of drug-likeness (QED) is 0.728. The highest BCUT2D eigenvalue weighted by molar-refractivity contribution is 5.49. The highest BCUT2D eigenvalue weighted by atomic mass is 14.9. The summed E-state index contributed by atoms with van der Waals surface area (Å²) in [6, 6.07) is 21.1. The molecule has 0 saturated carbocycles. The largest absolute Gasteiger partial charge is 0.306 e. The monoisotopic (exact) mass is 263 g/mol. The molecule has 0 spiro atoms. The predicted molar refractivity (Wildman–Crippen MR) is 87.4 cm³/mol. The molecule has 2 aromatic rings. The molecule has 1 nitrogen and oxygen atoms in total. The highest BCUT2D eigenvalue weighted by Crippen LogP contribution is 2.06. The topological polar surface area (TPSA) is 12.0 Å². The predicted octanol–water partition coefficient (Wildman–Crippen LogP) is 4.43. The van der Waals surface area contributed by atoms with E-state index >= 15 is 0 Å². The maximum atomic E-state index is 3.84. The summed E-state index contributed by atoms with van der Waals surface area (Å²) in [4.78, 5) is 0. The van der Waals surface area contributed by atoms with Crippen molar-refractivity contribution >= 4 is 6.08 Å². The van der Waals surface area contributed by atoms with E-state index in [9.17, 15) is 0 Å². The van der Waals surface area contributed by atoms with E-state index in [0.29, 0.717) is 6.04 Å². The second-order valence-electron chi connectivity index (χ2n) is 4.77. The van der Waals surface area contributed by atoms with Gasteiger partial charge in [-0.2, -0.15) is 0 Å². The van der Waals surface area contributed by atoms with Crippen molar-refractivity contribution in [3.05, 3.63) is 90.5 Å². The molecule has 102 valence electrons. The Morgan fingerprint density at radius 2 is 1.60 bits per heavy atom. The summed E-state index contributed by atoms with van der Waals surface area (Å²) in [7, 11) is 0. The molecule has 0 aliphatic rings. The van der Waals surface area contributed by atoms with Crippen LogP contribution in [-0.2, 0) is 6.54 Å². The summed E-state index contributed by atoms with van der Waals surface area (Å²) in [5.74, 6) is 0. The van der Waals surface area contributed by atoms with Crippen molar-refractivity contribution in [1.29, 1.82) is 0 Å². The molecule has 0 heterocycles. The zero-order chi connectivity index (χ0) is 14.0. The molecule has 2 aromatic carbocycles. The average Bonchev–Trinajstić information content (AvgIpc) is 2.52. The molecule has 0 aromatic heterocycles. The SMILES string of the molecule is C=CC[C@H](C=Cc1ccccc1)NCc1ccccc1. The molecule has 0 amide bonds. The molecule has 0 radical (unpaired) electrons. The first-order valence-electron chi connectivity index (χ1n) is 7.00. The van der Waals surface area contributed by atoms with Crippen molar-refractivity contribution in [2.75, 3.05) is 0 Å². The fourth-order valence-electron chi connectivity index (χ4n) is 2.05. The minimum absolute atomic E-state index is 0.313. The number of nitrogens with one attached hydrogen (secondary N) is 1. The standard InChI is InChI=1S/C19H21N/c1-2-9-19(15-14-17-10-5-3-6-11-17)20-16-18-12-7-4-8-13-18/h2-8,10-15,19-20H,1,9,16H2/t19-/m1/s1. The van der Waals surface area contributed by atoms with E-state index in [1.54, 1.807) is 0 Å². The minimum atomic E-state index is 0.313. The second kappa shape index (κ2) is 8.13. The molecule has 1 atom stereocenters. The van der Waals surface area contributed by atoms with Crippen LogP contribution in [0.2, 0.25) is 0 Å². The first kappa shape index (κ1) is 14.3. The van der Waals surface area contributed by atoms with Gasteiger partial charge in [0.2, 0.25) is 0 Å². The molecule has 0 fully saturated rings. The number of benzene rings is 2. The Morgan fingerprint density at radius 1 is 0.950 bits per heavy atom.